The van der Waals surface area contributed by atoms with E-state index in [0.717, 1.165) is 20.3 Å². The summed E-state index contributed by atoms with van der Waals surface area (Å²) in [6, 6.07) is 3.80. The molecule has 16 heteroatoms. The molecular weight excluding hydrogens is 485 g/mol. The van der Waals surface area contributed by atoms with E-state index >= 15 is 0 Å². The standard InChI is InChI=1S/C18H21N5O9S.Na.H/c1-29-13-8-14(30-2)21-16(20-13)22-17(25)23-33(27,28)12-7-10(9-19-18(26)32-4)5-6-11(12)15(24)31-3;;/h5-8H,9H2,1-4H3,(H,19,26)(H2,20,21,22,23,25);;/q;+1;-1. The first-order valence-electron chi connectivity index (χ1n) is 8.97. The molecule has 14 nitrogen and oxygen atoms in total. The van der Waals surface area contributed by atoms with Crippen molar-refractivity contribution in [3.8, 4) is 11.8 Å². The Balaban J connectivity index is 0.00000578. The number of benzene rings is 1. The number of carbonyl (C=O) groups excluding carboxylic acids is 3. The number of anilines is 1. The van der Waals surface area contributed by atoms with Crippen LogP contribution in [0.1, 0.15) is 17.3 Å². The SMILES string of the molecule is COC(=O)NCc1ccc(C(=O)OC)c(S(=O)(=O)NC(=O)Nc2nc(OC)cc(OC)n2)c1.[H-].[Na+]. The van der Waals surface area contributed by atoms with Gasteiger partial charge in [-0.15, -0.1) is 0 Å². The Morgan fingerprint density at radius 3 is 2.12 bits per heavy atom. The van der Waals surface area contributed by atoms with E-state index in [0.29, 0.717) is 5.56 Å². The van der Waals surface area contributed by atoms with Crippen LogP contribution in [0.5, 0.6) is 11.8 Å². The van der Waals surface area contributed by atoms with Crippen LogP contribution in [0.3, 0.4) is 0 Å². The summed E-state index contributed by atoms with van der Waals surface area (Å²) in [7, 11) is 0.294. The van der Waals surface area contributed by atoms with Gasteiger partial charge >= 0.3 is 47.7 Å². The van der Waals surface area contributed by atoms with E-state index in [2.05, 4.69) is 30.1 Å². The van der Waals surface area contributed by atoms with Gasteiger partial charge in [0.1, 0.15) is 4.90 Å². The third-order valence-electron chi connectivity index (χ3n) is 3.91. The fourth-order valence-electron chi connectivity index (χ4n) is 2.40. The Morgan fingerprint density at radius 1 is 0.971 bits per heavy atom. The second-order valence-corrected chi connectivity index (χ2v) is 7.65. The van der Waals surface area contributed by atoms with Gasteiger partial charge in [0.15, 0.2) is 0 Å². The summed E-state index contributed by atoms with van der Waals surface area (Å²) in [6.07, 6.45) is -0.748. The van der Waals surface area contributed by atoms with Gasteiger partial charge in [0.2, 0.25) is 17.7 Å². The molecule has 2 aromatic rings. The number of hydrogen-bond acceptors (Lipinski definition) is 11. The summed E-state index contributed by atoms with van der Waals surface area (Å²) in [5.74, 6) is -1.15. The Hall–Kier alpha value is -3.14. The van der Waals surface area contributed by atoms with E-state index < -0.39 is 33.0 Å². The Labute approximate surface area is 218 Å². The van der Waals surface area contributed by atoms with E-state index in [4.69, 9.17) is 9.47 Å². The van der Waals surface area contributed by atoms with Crippen molar-refractivity contribution in [2.75, 3.05) is 33.8 Å². The molecule has 0 unspecified atom stereocenters. The van der Waals surface area contributed by atoms with Gasteiger partial charge in [-0.25, -0.2) is 27.5 Å². The average Bonchev–Trinajstić information content (AvgIpc) is 2.80. The van der Waals surface area contributed by atoms with Crippen LogP contribution in [0.15, 0.2) is 29.2 Å². The van der Waals surface area contributed by atoms with Crippen LogP contribution in [-0.2, 0) is 26.0 Å². The number of aromatic nitrogens is 2. The molecule has 3 N–H and O–H groups in total. The first-order valence-corrected chi connectivity index (χ1v) is 10.5. The molecule has 0 spiro atoms. The Bertz CT molecular complexity index is 1140. The molecular formula is C18H22N5NaO9S. The van der Waals surface area contributed by atoms with E-state index in [1.165, 1.54) is 32.4 Å². The minimum Gasteiger partial charge on any atom is -1.00 e. The summed E-state index contributed by atoms with van der Waals surface area (Å²) in [6.45, 7) is -0.111. The van der Waals surface area contributed by atoms with Gasteiger partial charge in [-0.05, 0) is 17.7 Å². The molecule has 0 aliphatic rings. The normalized spacial score (nSPS) is 10.2. The number of rotatable bonds is 8. The molecule has 0 saturated carbocycles. The molecule has 180 valence electrons. The summed E-state index contributed by atoms with van der Waals surface area (Å²) in [4.78, 5) is 42.8. The largest absolute Gasteiger partial charge is 1.00 e. The maximum atomic E-state index is 12.9. The molecule has 0 fully saturated rings. The van der Waals surface area contributed by atoms with Gasteiger partial charge in [0.05, 0.1) is 40.1 Å². The summed E-state index contributed by atoms with van der Waals surface area (Å²) in [5.41, 5.74) is -0.0337. The number of nitrogens with zero attached hydrogens (tertiary/aromatic N) is 2. The number of carbonyl (C=O) groups is 3. The Kier molecular flexibility index (Phi) is 11.0. The molecule has 2 rings (SSSR count). The smallest absolute Gasteiger partial charge is 1.00 e. The van der Waals surface area contributed by atoms with Gasteiger partial charge in [-0.1, -0.05) is 6.07 Å². The molecule has 1 aromatic carbocycles. The average molecular weight is 507 g/mol. The fraction of sp³-hybridized carbons (Fsp3) is 0.278. The molecule has 0 bridgehead atoms. The van der Waals surface area contributed by atoms with Crippen molar-refractivity contribution in [1.82, 2.24) is 20.0 Å². The van der Waals surface area contributed by atoms with Gasteiger partial charge in [-0.3, -0.25) is 5.32 Å². The van der Waals surface area contributed by atoms with E-state index in [9.17, 15) is 22.8 Å². The van der Waals surface area contributed by atoms with E-state index in [-0.39, 0.29) is 60.8 Å². The predicted molar refractivity (Wildman–Crippen MR) is 113 cm³/mol. The molecule has 0 atom stereocenters. The van der Waals surface area contributed by atoms with Crippen molar-refractivity contribution in [2.24, 2.45) is 0 Å². The maximum Gasteiger partial charge on any atom is 1.00 e. The third kappa shape index (κ3) is 7.72. The van der Waals surface area contributed by atoms with Crippen molar-refractivity contribution in [2.45, 2.75) is 11.4 Å². The number of alkyl carbamates (subject to hydrolysis) is 1. The number of ether oxygens (including phenoxy) is 4. The summed E-state index contributed by atoms with van der Waals surface area (Å²) in [5, 5.41) is 4.51. The van der Waals surface area contributed by atoms with E-state index in [1.54, 1.807) is 4.72 Å². The quantitative estimate of drug-likeness (QED) is 0.259. The summed E-state index contributed by atoms with van der Waals surface area (Å²) < 4.78 is 46.5. The van der Waals surface area contributed by atoms with Crippen LogP contribution in [0.25, 0.3) is 0 Å². The molecule has 0 aliphatic carbocycles. The topological polar surface area (TPSA) is 184 Å². The Morgan fingerprint density at radius 2 is 1.59 bits per heavy atom. The van der Waals surface area contributed by atoms with Crippen molar-refractivity contribution in [1.29, 1.82) is 0 Å². The molecule has 3 amide bonds. The molecule has 1 heterocycles. The molecule has 34 heavy (non-hydrogen) atoms. The predicted octanol–water partition coefficient (Wildman–Crippen LogP) is -2.24. The molecule has 1 aromatic heterocycles. The first-order chi connectivity index (χ1) is 15.6. The van der Waals surface area contributed by atoms with Crippen molar-refractivity contribution in [3.05, 3.63) is 35.4 Å². The van der Waals surface area contributed by atoms with Gasteiger partial charge in [0.25, 0.3) is 10.0 Å². The van der Waals surface area contributed by atoms with Crippen molar-refractivity contribution in [3.63, 3.8) is 0 Å². The number of amides is 3. The molecule has 0 radical (unpaired) electrons. The van der Waals surface area contributed by atoms with Gasteiger partial charge in [-0.2, -0.15) is 9.97 Å². The zero-order valence-corrected chi connectivity index (χ0v) is 21.8. The minimum atomic E-state index is -4.59. The number of methoxy groups -OCH3 is 4. The zero-order chi connectivity index (χ0) is 24.6. The zero-order valence-electron chi connectivity index (χ0n) is 20.0. The number of urea groups is 1. The van der Waals surface area contributed by atoms with E-state index in [1.807, 2.05) is 0 Å². The number of esters is 1. The monoisotopic (exact) mass is 507 g/mol. The number of sulfonamides is 1. The van der Waals surface area contributed by atoms with Crippen LogP contribution < -0.4 is 54.4 Å². The number of nitrogens with one attached hydrogen (secondary N) is 3. The van der Waals surface area contributed by atoms with Crippen LogP contribution in [-0.4, -0.2) is 64.9 Å². The van der Waals surface area contributed by atoms with Gasteiger partial charge in [0, 0.05) is 6.54 Å². The second-order valence-electron chi connectivity index (χ2n) is 6.00. The van der Waals surface area contributed by atoms with Crippen molar-refractivity contribution >= 4 is 34.1 Å². The number of hydrogen-bond donors (Lipinski definition) is 3. The van der Waals surface area contributed by atoms with Crippen LogP contribution in [0.4, 0.5) is 15.5 Å². The third-order valence-corrected chi connectivity index (χ3v) is 5.28. The second kappa shape index (κ2) is 12.9. The summed E-state index contributed by atoms with van der Waals surface area (Å²) >= 11 is 0. The first kappa shape index (κ1) is 28.9. The fourth-order valence-corrected chi connectivity index (χ4v) is 3.55. The van der Waals surface area contributed by atoms with Crippen LogP contribution in [0.2, 0.25) is 0 Å². The van der Waals surface area contributed by atoms with Crippen LogP contribution in [0, 0.1) is 0 Å². The molecule has 0 saturated heterocycles. The molecule has 0 aliphatic heterocycles. The van der Waals surface area contributed by atoms with Gasteiger partial charge < -0.3 is 25.7 Å². The van der Waals surface area contributed by atoms with Crippen molar-refractivity contribution < 1.29 is 72.7 Å². The minimum absolute atomic E-state index is 0. The van der Waals surface area contributed by atoms with Crippen LogP contribution >= 0.6 is 0 Å². The maximum absolute atomic E-state index is 12.9.